The summed E-state index contributed by atoms with van der Waals surface area (Å²) in [6.45, 7) is 3.49. The summed E-state index contributed by atoms with van der Waals surface area (Å²) >= 11 is 2.35. The van der Waals surface area contributed by atoms with E-state index in [4.69, 9.17) is 18.9 Å². The van der Waals surface area contributed by atoms with Crippen LogP contribution in [0.4, 0.5) is 5.69 Å². The number of anilines is 1. The number of carbonyl (C=O) groups excluding carboxylic acids is 1. The van der Waals surface area contributed by atoms with Crippen molar-refractivity contribution in [1.29, 1.82) is 0 Å². The Morgan fingerprint density at radius 3 is 2.60 bits per heavy atom. The van der Waals surface area contributed by atoms with E-state index in [1.54, 1.807) is 69.5 Å². The summed E-state index contributed by atoms with van der Waals surface area (Å²) in [5.74, 6) is 1.05. The number of benzene rings is 2. The van der Waals surface area contributed by atoms with Gasteiger partial charge in [0.15, 0.2) is 15.1 Å². The first kappa shape index (κ1) is 29.9. The highest BCUT2D eigenvalue weighted by Crippen LogP contribution is 2.37. The standard InChI is InChI=1S/C32H27N5O6S2/c1-17-14-25(38)36-31(33-17)45-26-13-11-21(43-26)16-24-30(40)37-28(22-12-10-20(41-3)15-23(22)42-4)27(18(2)34-32(37)44-24)29(39)35-19-8-6-5-7-9-19/h5-16,28H,1-4H3,(H,35,39)(H,33,36,38)/b24-16+/t28-/m0/s1. The lowest BCUT2D eigenvalue weighted by atomic mass is 9.94. The fourth-order valence-corrected chi connectivity index (χ4v) is 6.79. The second-order valence-corrected chi connectivity index (χ2v) is 12.0. The first-order chi connectivity index (χ1) is 21.7. The number of methoxy groups -OCH3 is 2. The van der Waals surface area contributed by atoms with Crippen molar-refractivity contribution in [2.45, 2.75) is 30.1 Å². The summed E-state index contributed by atoms with van der Waals surface area (Å²) in [6.07, 6.45) is 1.63. The van der Waals surface area contributed by atoms with Gasteiger partial charge in [0, 0.05) is 35.2 Å². The van der Waals surface area contributed by atoms with Gasteiger partial charge in [0.1, 0.15) is 23.3 Å². The van der Waals surface area contributed by atoms with Gasteiger partial charge in [-0.2, -0.15) is 0 Å². The Bertz CT molecular complexity index is 2200. The first-order valence-electron chi connectivity index (χ1n) is 13.7. The number of hydrogen-bond acceptors (Lipinski definition) is 10. The van der Waals surface area contributed by atoms with Crippen molar-refractivity contribution in [3.63, 3.8) is 0 Å². The molecule has 2 aromatic carbocycles. The molecule has 0 radical (unpaired) electrons. The topological polar surface area (TPSA) is 141 Å². The third kappa shape index (κ3) is 6.12. The molecule has 4 heterocycles. The van der Waals surface area contributed by atoms with Crippen LogP contribution in [0.2, 0.25) is 0 Å². The van der Waals surface area contributed by atoms with Crippen LogP contribution in [0.15, 0.2) is 107 Å². The predicted octanol–water partition coefficient (Wildman–Crippen LogP) is 4.03. The average molecular weight is 642 g/mol. The number of nitrogens with zero attached hydrogens (tertiary/aromatic N) is 3. The Kier molecular flexibility index (Phi) is 8.28. The molecule has 5 aromatic rings. The van der Waals surface area contributed by atoms with Crippen molar-refractivity contribution in [2.75, 3.05) is 19.5 Å². The zero-order chi connectivity index (χ0) is 31.7. The van der Waals surface area contributed by atoms with Crippen LogP contribution in [0.25, 0.3) is 6.08 Å². The molecule has 228 valence electrons. The first-order valence-corrected chi connectivity index (χ1v) is 15.3. The number of H-pyrrole nitrogens is 1. The summed E-state index contributed by atoms with van der Waals surface area (Å²) < 4.78 is 18.9. The summed E-state index contributed by atoms with van der Waals surface area (Å²) in [5.41, 5.74) is 1.95. The zero-order valence-electron chi connectivity index (χ0n) is 24.6. The Morgan fingerprint density at radius 1 is 1.07 bits per heavy atom. The molecule has 6 rings (SSSR count). The highest BCUT2D eigenvalue weighted by Gasteiger charge is 2.34. The minimum atomic E-state index is -0.847. The normalized spacial score (nSPS) is 14.6. The molecule has 0 saturated heterocycles. The van der Waals surface area contributed by atoms with Crippen LogP contribution >= 0.6 is 23.1 Å². The van der Waals surface area contributed by atoms with Gasteiger partial charge in [0.05, 0.1) is 30.0 Å². The minimum absolute atomic E-state index is 0.256. The number of aromatic nitrogens is 3. The van der Waals surface area contributed by atoms with E-state index in [0.717, 1.165) is 11.8 Å². The number of rotatable bonds is 8. The van der Waals surface area contributed by atoms with Crippen LogP contribution < -0.4 is 35.2 Å². The van der Waals surface area contributed by atoms with Gasteiger partial charge in [-0.25, -0.2) is 9.98 Å². The van der Waals surface area contributed by atoms with E-state index in [1.807, 2.05) is 18.2 Å². The van der Waals surface area contributed by atoms with Crippen LogP contribution in [0, 0.1) is 6.92 Å². The number of aryl methyl sites for hydroxylation is 1. The second kappa shape index (κ2) is 12.5. The number of thiazole rings is 1. The van der Waals surface area contributed by atoms with Gasteiger partial charge < -0.3 is 24.2 Å². The van der Waals surface area contributed by atoms with Crippen LogP contribution in [-0.4, -0.2) is 34.7 Å². The predicted molar refractivity (Wildman–Crippen MR) is 171 cm³/mol. The van der Waals surface area contributed by atoms with Crippen molar-refractivity contribution in [2.24, 2.45) is 4.99 Å². The van der Waals surface area contributed by atoms with Crippen molar-refractivity contribution >= 4 is 40.8 Å². The Balaban J connectivity index is 1.44. The maximum Gasteiger partial charge on any atom is 0.271 e. The molecular formula is C32H27N5O6S2. The summed E-state index contributed by atoms with van der Waals surface area (Å²) in [4.78, 5) is 51.9. The quantitative estimate of drug-likeness (QED) is 0.242. The molecule has 1 amide bonds. The highest BCUT2D eigenvalue weighted by molar-refractivity contribution is 7.99. The van der Waals surface area contributed by atoms with E-state index in [1.165, 1.54) is 29.1 Å². The molecule has 0 saturated carbocycles. The highest BCUT2D eigenvalue weighted by atomic mass is 32.2. The third-order valence-electron chi connectivity index (χ3n) is 6.95. The lowest BCUT2D eigenvalue weighted by molar-refractivity contribution is -0.113. The van der Waals surface area contributed by atoms with Crippen molar-refractivity contribution in [3.05, 3.63) is 125 Å². The van der Waals surface area contributed by atoms with Crippen LogP contribution in [0.1, 0.15) is 30.0 Å². The molecule has 1 aliphatic rings. The molecule has 3 aromatic heterocycles. The largest absolute Gasteiger partial charge is 0.497 e. The molecule has 0 fully saturated rings. The number of nitrogens with one attached hydrogen (secondary N) is 2. The lowest BCUT2D eigenvalue weighted by Crippen LogP contribution is -2.40. The maximum absolute atomic E-state index is 14.1. The summed E-state index contributed by atoms with van der Waals surface area (Å²) in [5, 5.41) is 3.82. The number of amides is 1. The monoisotopic (exact) mass is 641 g/mol. The molecule has 0 spiro atoms. The van der Waals surface area contributed by atoms with E-state index in [-0.39, 0.29) is 11.1 Å². The number of hydrogen-bond donors (Lipinski definition) is 2. The summed E-state index contributed by atoms with van der Waals surface area (Å²) in [6, 6.07) is 18.4. The van der Waals surface area contributed by atoms with Crippen LogP contribution in [0.3, 0.4) is 0 Å². The molecule has 45 heavy (non-hydrogen) atoms. The van der Waals surface area contributed by atoms with Gasteiger partial charge in [-0.1, -0.05) is 29.5 Å². The number of para-hydroxylation sites is 1. The molecule has 0 aliphatic carbocycles. The number of fused-ring (bicyclic) bond motifs is 1. The van der Waals surface area contributed by atoms with Gasteiger partial charge >= 0.3 is 0 Å². The van der Waals surface area contributed by atoms with Crippen LogP contribution in [0.5, 0.6) is 11.5 Å². The van der Waals surface area contributed by atoms with Gasteiger partial charge in [-0.05, 0) is 62.0 Å². The number of furan rings is 1. The van der Waals surface area contributed by atoms with E-state index >= 15 is 0 Å². The molecule has 1 atom stereocenters. The van der Waals surface area contributed by atoms with Gasteiger partial charge in [0.25, 0.3) is 17.0 Å². The summed E-state index contributed by atoms with van der Waals surface area (Å²) in [7, 11) is 3.08. The van der Waals surface area contributed by atoms with Gasteiger partial charge in [-0.15, -0.1) is 0 Å². The molecule has 13 heteroatoms. The maximum atomic E-state index is 14.1. The number of ether oxygens (including phenoxy) is 2. The molecular weight excluding hydrogens is 615 g/mol. The van der Waals surface area contributed by atoms with Gasteiger partial charge in [0.2, 0.25) is 0 Å². The van der Waals surface area contributed by atoms with Gasteiger partial charge in [-0.3, -0.25) is 19.0 Å². The average Bonchev–Trinajstić information content (AvgIpc) is 3.58. The Labute approximate surface area is 264 Å². The molecule has 2 N–H and O–H groups in total. The fourth-order valence-electron chi connectivity index (χ4n) is 4.96. The molecule has 11 nitrogen and oxygen atoms in total. The molecule has 0 unspecified atom stereocenters. The number of allylic oxidation sites excluding steroid dienone is 1. The van der Waals surface area contributed by atoms with Crippen LogP contribution in [-0.2, 0) is 4.79 Å². The molecule has 1 aliphatic heterocycles. The smallest absolute Gasteiger partial charge is 0.271 e. The van der Waals surface area contributed by atoms with E-state index < -0.39 is 11.9 Å². The Morgan fingerprint density at radius 2 is 1.87 bits per heavy atom. The minimum Gasteiger partial charge on any atom is -0.497 e. The SMILES string of the molecule is COc1ccc([C@H]2C(C(=O)Nc3ccccc3)=C(C)N=c3s/c(=C/c4ccc(Sc5nc(C)cc(=O)[nH]5)o4)c(=O)n32)c(OC)c1. The lowest BCUT2D eigenvalue weighted by Gasteiger charge is -2.26. The van der Waals surface area contributed by atoms with Crippen molar-refractivity contribution in [1.82, 2.24) is 14.5 Å². The Hall–Kier alpha value is -5.14. The molecule has 0 bridgehead atoms. The third-order valence-corrected chi connectivity index (χ3v) is 8.74. The second-order valence-electron chi connectivity index (χ2n) is 9.96. The van der Waals surface area contributed by atoms with Crippen molar-refractivity contribution in [3.8, 4) is 11.5 Å². The number of aromatic amines is 1. The van der Waals surface area contributed by atoms with E-state index in [2.05, 4.69) is 15.3 Å². The fraction of sp³-hybridized carbons (Fsp3) is 0.156. The van der Waals surface area contributed by atoms with E-state index in [0.29, 0.717) is 65.1 Å². The van der Waals surface area contributed by atoms with Crippen molar-refractivity contribution < 1.29 is 18.7 Å². The zero-order valence-corrected chi connectivity index (χ0v) is 26.2. The van der Waals surface area contributed by atoms with E-state index in [9.17, 15) is 14.4 Å². The number of carbonyl (C=O) groups is 1.